The molecule has 54 heavy (non-hydrogen) atoms. The van der Waals surface area contributed by atoms with Gasteiger partial charge in [0.2, 0.25) is 0 Å². The summed E-state index contributed by atoms with van der Waals surface area (Å²) >= 11 is 0. The van der Waals surface area contributed by atoms with Gasteiger partial charge in [0.05, 0.1) is 0 Å². The lowest BCUT2D eigenvalue weighted by molar-refractivity contribution is 0.660. The molecule has 3 aliphatic carbocycles. The Labute approximate surface area is 321 Å². The molecule has 0 bridgehead atoms. The van der Waals surface area contributed by atoms with Crippen molar-refractivity contribution in [2.75, 3.05) is 4.90 Å². The number of nitrogens with zero attached hydrogens (tertiary/aromatic N) is 1. The molecule has 7 aromatic carbocycles. The average Bonchev–Trinajstić information content (AvgIpc) is 3.89. The van der Waals surface area contributed by atoms with Crippen LogP contribution in [0.25, 0.3) is 44.5 Å². The highest BCUT2D eigenvalue weighted by Crippen LogP contribution is 2.55. The zero-order valence-electron chi connectivity index (χ0n) is 31.9. The van der Waals surface area contributed by atoms with Gasteiger partial charge in [-0.15, -0.1) is 0 Å². The molecule has 3 aliphatic rings. The summed E-state index contributed by atoms with van der Waals surface area (Å²) in [6, 6.07) is 59.5. The van der Waals surface area contributed by atoms with Crippen molar-refractivity contribution in [3.63, 3.8) is 0 Å². The monoisotopic (exact) mass is 697 g/mol. The van der Waals surface area contributed by atoms with Gasteiger partial charge in [-0.3, -0.25) is 0 Å². The van der Waals surface area contributed by atoms with Gasteiger partial charge >= 0.3 is 0 Å². The summed E-state index contributed by atoms with van der Waals surface area (Å²) < 4.78 is 0. The summed E-state index contributed by atoms with van der Waals surface area (Å²) in [7, 11) is 0. The normalized spacial score (nSPS) is 16.1. The van der Waals surface area contributed by atoms with E-state index in [1.165, 1.54) is 115 Å². The third-order valence-electron chi connectivity index (χ3n) is 13.0. The number of anilines is 3. The lowest BCUT2D eigenvalue weighted by Gasteiger charge is -2.28. The molecule has 0 unspecified atom stereocenters. The molecule has 0 spiro atoms. The molecule has 7 aromatic rings. The van der Waals surface area contributed by atoms with Crippen LogP contribution in [-0.2, 0) is 10.8 Å². The van der Waals surface area contributed by atoms with Gasteiger partial charge in [0.25, 0.3) is 0 Å². The first-order chi connectivity index (χ1) is 26.3. The molecule has 1 heteroatoms. The molecular formula is C53H47N. The predicted molar refractivity (Wildman–Crippen MR) is 228 cm³/mol. The van der Waals surface area contributed by atoms with Crippen LogP contribution in [0.5, 0.6) is 0 Å². The first-order valence-electron chi connectivity index (χ1n) is 19.9. The number of benzene rings is 7. The van der Waals surface area contributed by atoms with E-state index in [0.29, 0.717) is 5.92 Å². The van der Waals surface area contributed by atoms with Crippen molar-refractivity contribution in [2.24, 2.45) is 0 Å². The Morgan fingerprint density at radius 3 is 1.74 bits per heavy atom. The van der Waals surface area contributed by atoms with Crippen LogP contribution in [0.2, 0.25) is 0 Å². The van der Waals surface area contributed by atoms with Crippen LogP contribution in [0.3, 0.4) is 0 Å². The van der Waals surface area contributed by atoms with E-state index in [0.717, 1.165) is 0 Å². The van der Waals surface area contributed by atoms with Crippen molar-refractivity contribution in [1.29, 1.82) is 0 Å². The van der Waals surface area contributed by atoms with Gasteiger partial charge in [-0.25, -0.2) is 0 Å². The minimum Gasteiger partial charge on any atom is -0.310 e. The van der Waals surface area contributed by atoms with Gasteiger partial charge in [0.1, 0.15) is 0 Å². The molecule has 0 N–H and O–H groups in total. The summed E-state index contributed by atoms with van der Waals surface area (Å²) in [5.41, 5.74) is 21.0. The first kappa shape index (κ1) is 32.9. The molecule has 1 saturated carbocycles. The molecule has 264 valence electrons. The van der Waals surface area contributed by atoms with Crippen LogP contribution in [-0.4, -0.2) is 0 Å². The Morgan fingerprint density at radius 1 is 0.407 bits per heavy atom. The first-order valence-corrected chi connectivity index (χ1v) is 19.9. The van der Waals surface area contributed by atoms with Crippen molar-refractivity contribution < 1.29 is 0 Å². The minimum atomic E-state index is -0.156. The topological polar surface area (TPSA) is 3.24 Å². The Morgan fingerprint density at radius 2 is 0.981 bits per heavy atom. The maximum Gasteiger partial charge on any atom is 0.0465 e. The quantitative estimate of drug-likeness (QED) is 0.167. The van der Waals surface area contributed by atoms with Crippen molar-refractivity contribution >= 4 is 17.1 Å². The standard InChI is InChI=1S/C53H47N/c1-52(2)47-19-11-10-17-44(47)46-33-39(25-32-48(46)52)43-18-12-20-49-51(43)45-31-30-42(34-50(45)53(49,3)4)54(41-28-23-38(24-29-41)36-15-8-9-16-36)40-26-21-37(22-27-40)35-13-6-5-7-14-35/h5-7,10-14,17-34,36H,8-9,15-16H2,1-4H3. The molecule has 0 aliphatic heterocycles. The van der Waals surface area contributed by atoms with Crippen molar-refractivity contribution in [1.82, 2.24) is 0 Å². The molecule has 0 radical (unpaired) electrons. The Balaban J connectivity index is 1.08. The predicted octanol–water partition coefficient (Wildman–Crippen LogP) is 14.8. The fourth-order valence-electron chi connectivity index (χ4n) is 10.1. The molecule has 1 nitrogen and oxygen atoms in total. The van der Waals surface area contributed by atoms with Crippen LogP contribution < -0.4 is 4.90 Å². The van der Waals surface area contributed by atoms with E-state index >= 15 is 0 Å². The van der Waals surface area contributed by atoms with Gasteiger partial charge in [-0.1, -0.05) is 156 Å². The van der Waals surface area contributed by atoms with E-state index in [1.807, 2.05) is 0 Å². The van der Waals surface area contributed by atoms with Gasteiger partial charge < -0.3 is 4.90 Å². The zero-order valence-corrected chi connectivity index (χ0v) is 31.9. The lowest BCUT2D eigenvalue weighted by atomic mass is 9.81. The SMILES string of the molecule is CC1(C)c2ccccc2-c2cc(-c3cccc4c3-c3ccc(N(c5ccc(-c6ccccc6)cc5)c5ccc(C6CCCC6)cc5)cc3C4(C)C)ccc21. The van der Waals surface area contributed by atoms with Gasteiger partial charge in [-0.2, -0.15) is 0 Å². The van der Waals surface area contributed by atoms with Crippen LogP contribution in [0, 0.1) is 0 Å². The molecule has 0 amide bonds. The van der Waals surface area contributed by atoms with Crippen molar-refractivity contribution in [3.8, 4) is 44.5 Å². The van der Waals surface area contributed by atoms with Crippen LogP contribution >= 0.6 is 0 Å². The van der Waals surface area contributed by atoms with E-state index in [4.69, 9.17) is 0 Å². The smallest absolute Gasteiger partial charge is 0.0465 e. The van der Waals surface area contributed by atoms with E-state index < -0.39 is 0 Å². The lowest BCUT2D eigenvalue weighted by Crippen LogP contribution is -2.16. The largest absolute Gasteiger partial charge is 0.310 e. The van der Waals surface area contributed by atoms with E-state index in [1.54, 1.807) is 0 Å². The minimum absolute atomic E-state index is 0.00134. The van der Waals surface area contributed by atoms with Crippen LogP contribution in [0.1, 0.15) is 87.1 Å². The van der Waals surface area contributed by atoms with E-state index in [9.17, 15) is 0 Å². The maximum absolute atomic E-state index is 2.47. The third kappa shape index (κ3) is 5.12. The number of rotatable bonds is 6. The molecule has 0 atom stereocenters. The zero-order chi connectivity index (χ0) is 36.6. The molecule has 10 rings (SSSR count). The van der Waals surface area contributed by atoms with Crippen LogP contribution in [0.4, 0.5) is 17.1 Å². The summed E-state index contributed by atoms with van der Waals surface area (Å²) in [5.74, 6) is 0.693. The molecule has 0 saturated heterocycles. The fraction of sp³-hybridized carbons (Fsp3) is 0.208. The number of fused-ring (bicyclic) bond motifs is 6. The van der Waals surface area contributed by atoms with Crippen molar-refractivity contribution in [3.05, 3.63) is 186 Å². The Kier molecular flexibility index (Phi) is 7.60. The van der Waals surface area contributed by atoms with Gasteiger partial charge in [-0.05, 0) is 134 Å². The summed E-state index contributed by atoms with van der Waals surface area (Å²) in [6.07, 6.45) is 5.31. The third-order valence-corrected chi connectivity index (χ3v) is 13.0. The second-order valence-corrected chi connectivity index (χ2v) is 16.8. The molecule has 0 aromatic heterocycles. The molecule has 0 heterocycles. The fourth-order valence-corrected chi connectivity index (χ4v) is 10.1. The van der Waals surface area contributed by atoms with E-state index in [-0.39, 0.29) is 10.8 Å². The maximum atomic E-state index is 2.47. The number of hydrogen-bond donors (Lipinski definition) is 0. The van der Waals surface area contributed by atoms with Gasteiger partial charge in [0, 0.05) is 27.9 Å². The summed E-state index contributed by atoms with van der Waals surface area (Å²) in [5, 5.41) is 0. The highest BCUT2D eigenvalue weighted by atomic mass is 15.1. The number of hydrogen-bond acceptors (Lipinski definition) is 1. The van der Waals surface area contributed by atoms with E-state index in [2.05, 4.69) is 190 Å². The highest BCUT2D eigenvalue weighted by molar-refractivity contribution is 5.95. The summed E-state index contributed by atoms with van der Waals surface area (Å²) in [4.78, 5) is 2.45. The average molecular weight is 698 g/mol. The molecule has 1 fully saturated rings. The van der Waals surface area contributed by atoms with Crippen molar-refractivity contribution in [2.45, 2.75) is 70.1 Å². The summed E-state index contributed by atoms with van der Waals surface area (Å²) in [6.45, 7) is 9.53. The second kappa shape index (κ2) is 12.5. The molecular weight excluding hydrogens is 651 g/mol. The van der Waals surface area contributed by atoms with Gasteiger partial charge in [0.15, 0.2) is 0 Å². The second-order valence-electron chi connectivity index (χ2n) is 16.8. The Bertz CT molecular complexity index is 2530. The Hall–Kier alpha value is -5.66. The highest BCUT2D eigenvalue weighted by Gasteiger charge is 2.39. The van der Waals surface area contributed by atoms with Crippen LogP contribution in [0.15, 0.2) is 158 Å².